The summed E-state index contributed by atoms with van der Waals surface area (Å²) in [6, 6.07) is 8.23. The average Bonchev–Trinajstić information content (AvgIpc) is 3.18. The molecule has 5 nitrogen and oxygen atoms in total. The first kappa shape index (κ1) is 14.6. The smallest absolute Gasteiger partial charge is 0.306 e. The number of aromatic amines is 1. The number of nitrogens with one attached hydrogen (secondary N) is 1. The van der Waals surface area contributed by atoms with Gasteiger partial charge in [-0.25, -0.2) is 0 Å². The Kier molecular flexibility index (Phi) is 4.13. The van der Waals surface area contributed by atoms with Gasteiger partial charge in [0, 0.05) is 42.5 Å². The van der Waals surface area contributed by atoms with E-state index in [0.717, 1.165) is 25.0 Å². The van der Waals surface area contributed by atoms with E-state index in [0.29, 0.717) is 5.92 Å². The third-order valence-electron chi connectivity index (χ3n) is 4.37. The lowest BCUT2D eigenvalue weighted by atomic mass is 9.98. The molecule has 1 N–H and O–H groups in total. The zero-order chi connectivity index (χ0) is 15.5. The van der Waals surface area contributed by atoms with Crippen molar-refractivity contribution < 1.29 is 14.3 Å². The van der Waals surface area contributed by atoms with E-state index >= 15 is 0 Å². The van der Waals surface area contributed by atoms with E-state index in [-0.39, 0.29) is 24.7 Å². The molecule has 1 aromatic carbocycles. The number of amides is 1. The largest absolute Gasteiger partial charge is 0.469 e. The zero-order valence-electron chi connectivity index (χ0n) is 12.7. The number of methoxy groups -OCH3 is 1. The van der Waals surface area contributed by atoms with Crippen LogP contribution in [0, 0.1) is 0 Å². The molecule has 2 heterocycles. The summed E-state index contributed by atoms with van der Waals surface area (Å²) < 4.78 is 4.58. The number of hydrogen-bond acceptors (Lipinski definition) is 3. The van der Waals surface area contributed by atoms with E-state index in [1.54, 1.807) is 0 Å². The van der Waals surface area contributed by atoms with E-state index in [9.17, 15) is 9.59 Å². The average molecular weight is 300 g/mol. The molecule has 1 saturated heterocycles. The molecule has 0 aliphatic carbocycles. The minimum absolute atomic E-state index is 0.0349. The first-order valence-corrected chi connectivity index (χ1v) is 7.59. The number of para-hydroxylation sites is 1. The summed E-state index contributed by atoms with van der Waals surface area (Å²) in [7, 11) is 1.34. The minimum atomic E-state index is -0.333. The van der Waals surface area contributed by atoms with Crippen LogP contribution in [0.15, 0.2) is 30.5 Å². The molecule has 1 aliphatic rings. The predicted octanol–water partition coefficient (Wildman–Crippen LogP) is 2.44. The standard InChI is InChI=1S/C17H20N2O3/c1-22-17(21)7-6-16(20)19-9-8-12(11-19)14-10-18-15-5-3-2-4-13(14)15/h2-5,10,12,18H,6-9,11H2,1H3. The third-order valence-corrected chi connectivity index (χ3v) is 4.37. The van der Waals surface area contributed by atoms with Crippen LogP contribution in [0.4, 0.5) is 0 Å². The highest BCUT2D eigenvalue weighted by molar-refractivity contribution is 5.84. The number of carbonyl (C=O) groups excluding carboxylic acids is 2. The van der Waals surface area contributed by atoms with Crippen molar-refractivity contribution in [2.75, 3.05) is 20.2 Å². The second-order valence-electron chi connectivity index (χ2n) is 5.69. The van der Waals surface area contributed by atoms with Crippen LogP contribution in [0.2, 0.25) is 0 Å². The summed E-state index contributed by atoms with van der Waals surface area (Å²) >= 11 is 0. The number of H-pyrrole nitrogens is 1. The number of aromatic nitrogens is 1. The van der Waals surface area contributed by atoms with Crippen molar-refractivity contribution >= 4 is 22.8 Å². The maximum absolute atomic E-state index is 12.2. The molecule has 5 heteroatoms. The highest BCUT2D eigenvalue weighted by atomic mass is 16.5. The van der Waals surface area contributed by atoms with E-state index in [4.69, 9.17) is 0 Å². The first-order valence-electron chi connectivity index (χ1n) is 7.59. The monoisotopic (exact) mass is 300 g/mol. The molecule has 0 spiro atoms. The van der Waals surface area contributed by atoms with Crippen LogP contribution in [-0.2, 0) is 14.3 Å². The van der Waals surface area contributed by atoms with E-state index in [1.807, 2.05) is 17.0 Å². The van der Waals surface area contributed by atoms with Gasteiger partial charge in [0.15, 0.2) is 0 Å². The van der Waals surface area contributed by atoms with Gasteiger partial charge in [0.1, 0.15) is 0 Å². The normalized spacial score (nSPS) is 17.9. The molecule has 1 fully saturated rings. The lowest BCUT2D eigenvalue weighted by molar-refractivity contribution is -0.143. The quantitative estimate of drug-likeness (QED) is 0.882. The fourth-order valence-electron chi connectivity index (χ4n) is 3.14. The number of carbonyl (C=O) groups is 2. The second kappa shape index (κ2) is 6.22. The number of fused-ring (bicyclic) bond motifs is 1. The molecule has 1 aliphatic heterocycles. The van der Waals surface area contributed by atoms with Crippen molar-refractivity contribution in [1.82, 2.24) is 9.88 Å². The van der Waals surface area contributed by atoms with Crippen LogP contribution < -0.4 is 0 Å². The molecule has 116 valence electrons. The maximum atomic E-state index is 12.2. The molecular formula is C17H20N2O3. The van der Waals surface area contributed by atoms with Gasteiger partial charge in [-0.3, -0.25) is 9.59 Å². The molecule has 0 radical (unpaired) electrons. The number of rotatable bonds is 4. The molecule has 1 amide bonds. The van der Waals surface area contributed by atoms with Crippen LogP contribution in [0.1, 0.15) is 30.7 Å². The summed E-state index contributed by atoms with van der Waals surface area (Å²) in [5.74, 6) is 0.0618. The molecule has 0 bridgehead atoms. The Balaban J connectivity index is 1.65. The lowest BCUT2D eigenvalue weighted by Gasteiger charge is -2.16. The number of nitrogens with zero attached hydrogens (tertiary/aromatic N) is 1. The van der Waals surface area contributed by atoms with Gasteiger partial charge < -0.3 is 14.6 Å². The van der Waals surface area contributed by atoms with Crippen molar-refractivity contribution in [3.8, 4) is 0 Å². The number of ether oxygens (including phenoxy) is 1. The molecule has 0 saturated carbocycles. The number of likely N-dealkylation sites (tertiary alicyclic amines) is 1. The molecule has 22 heavy (non-hydrogen) atoms. The molecule has 1 aromatic heterocycles. The van der Waals surface area contributed by atoms with Gasteiger partial charge in [0.2, 0.25) is 5.91 Å². The van der Waals surface area contributed by atoms with Gasteiger partial charge in [-0.2, -0.15) is 0 Å². The maximum Gasteiger partial charge on any atom is 0.306 e. The first-order chi connectivity index (χ1) is 10.7. The summed E-state index contributed by atoms with van der Waals surface area (Å²) in [4.78, 5) is 28.4. The van der Waals surface area contributed by atoms with Crippen LogP contribution in [0.25, 0.3) is 10.9 Å². The van der Waals surface area contributed by atoms with Gasteiger partial charge >= 0.3 is 5.97 Å². The molecule has 3 rings (SSSR count). The van der Waals surface area contributed by atoms with Gasteiger partial charge in [0.25, 0.3) is 0 Å². The van der Waals surface area contributed by atoms with E-state index in [2.05, 4.69) is 28.1 Å². The SMILES string of the molecule is COC(=O)CCC(=O)N1CCC(c2c[nH]c3ccccc23)C1. The van der Waals surface area contributed by atoms with Crippen LogP contribution in [0.5, 0.6) is 0 Å². The van der Waals surface area contributed by atoms with Gasteiger partial charge in [-0.1, -0.05) is 18.2 Å². The Hall–Kier alpha value is -2.30. The second-order valence-corrected chi connectivity index (χ2v) is 5.69. The van der Waals surface area contributed by atoms with Crippen LogP contribution in [0.3, 0.4) is 0 Å². The lowest BCUT2D eigenvalue weighted by Crippen LogP contribution is -2.28. The number of esters is 1. The van der Waals surface area contributed by atoms with Crippen molar-refractivity contribution in [2.45, 2.75) is 25.2 Å². The van der Waals surface area contributed by atoms with Crippen LogP contribution in [-0.4, -0.2) is 42.0 Å². The topological polar surface area (TPSA) is 62.4 Å². The zero-order valence-corrected chi connectivity index (χ0v) is 12.7. The highest BCUT2D eigenvalue weighted by Crippen LogP contribution is 2.32. The fraction of sp³-hybridized carbons (Fsp3) is 0.412. The molecule has 1 atom stereocenters. The molecular weight excluding hydrogens is 280 g/mol. The number of hydrogen-bond donors (Lipinski definition) is 1. The van der Waals surface area contributed by atoms with Crippen LogP contribution >= 0.6 is 0 Å². The van der Waals surface area contributed by atoms with Gasteiger partial charge in [-0.15, -0.1) is 0 Å². The summed E-state index contributed by atoms with van der Waals surface area (Å²) in [5.41, 5.74) is 2.41. The third kappa shape index (κ3) is 2.84. The van der Waals surface area contributed by atoms with Gasteiger partial charge in [-0.05, 0) is 18.1 Å². The predicted molar refractivity (Wildman–Crippen MR) is 83.5 cm³/mol. The molecule has 2 aromatic rings. The van der Waals surface area contributed by atoms with Crippen molar-refractivity contribution in [3.05, 3.63) is 36.0 Å². The van der Waals surface area contributed by atoms with Crippen molar-refractivity contribution in [3.63, 3.8) is 0 Å². The van der Waals surface area contributed by atoms with Crippen molar-refractivity contribution in [1.29, 1.82) is 0 Å². The summed E-state index contributed by atoms with van der Waals surface area (Å²) in [6.45, 7) is 1.48. The Bertz CT molecular complexity index is 692. The minimum Gasteiger partial charge on any atom is -0.469 e. The highest BCUT2D eigenvalue weighted by Gasteiger charge is 2.28. The fourth-order valence-corrected chi connectivity index (χ4v) is 3.14. The molecule has 1 unspecified atom stereocenters. The summed E-state index contributed by atoms with van der Waals surface area (Å²) in [5, 5.41) is 1.23. The Morgan fingerprint density at radius 2 is 2.14 bits per heavy atom. The Labute approximate surface area is 129 Å². The Morgan fingerprint density at radius 3 is 2.95 bits per heavy atom. The van der Waals surface area contributed by atoms with E-state index < -0.39 is 0 Å². The number of benzene rings is 1. The van der Waals surface area contributed by atoms with Crippen molar-refractivity contribution in [2.24, 2.45) is 0 Å². The van der Waals surface area contributed by atoms with Gasteiger partial charge in [0.05, 0.1) is 13.5 Å². The van der Waals surface area contributed by atoms with E-state index in [1.165, 1.54) is 18.1 Å². The summed E-state index contributed by atoms with van der Waals surface area (Å²) in [6.07, 6.45) is 3.40. The Morgan fingerprint density at radius 1 is 1.32 bits per heavy atom.